The summed E-state index contributed by atoms with van der Waals surface area (Å²) in [6.07, 6.45) is 4.52. The fraction of sp³-hybridized carbons (Fsp3) is 0.222. The molecule has 0 atom stereocenters. The zero-order valence-electron chi connectivity index (χ0n) is 23.3. The molecule has 0 amide bonds. The van der Waals surface area contributed by atoms with Crippen LogP contribution in [-0.4, -0.2) is 26.2 Å². The van der Waals surface area contributed by atoms with Crippen LogP contribution in [0.25, 0.3) is 17.2 Å². The third-order valence-electron chi connectivity index (χ3n) is 7.17. The van der Waals surface area contributed by atoms with Crippen LogP contribution in [0.5, 0.6) is 0 Å². The van der Waals surface area contributed by atoms with Gasteiger partial charge in [0.05, 0.1) is 0 Å². The fourth-order valence-electron chi connectivity index (χ4n) is 5.02. The highest BCUT2D eigenvalue weighted by molar-refractivity contribution is 6.03. The van der Waals surface area contributed by atoms with Crippen molar-refractivity contribution in [1.29, 1.82) is 0 Å². The van der Waals surface area contributed by atoms with Crippen molar-refractivity contribution in [3.8, 4) is 0 Å². The summed E-state index contributed by atoms with van der Waals surface area (Å²) in [5, 5.41) is 0. The van der Waals surface area contributed by atoms with Gasteiger partial charge in [-0.1, -0.05) is 97.1 Å². The fourth-order valence-corrected chi connectivity index (χ4v) is 5.02. The Balaban J connectivity index is 1.84. The minimum atomic E-state index is 1.00. The summed E-state index contributed by atoms with van der Waals surface area (Å²) in [6.45, 7) is 12.9. The Labute approximate surface area is 229 Å². The molecule has 4 aromatic rings. The first kappa shape index (κ1) is 27.0. The molecule has 4 rings (SSSR count). The Morgan fingerprint density at radius 1 is 0.500 bits per heavy atom. The van der Waals surface area contributed by atoms with Crippen molar-refractivity contribution in [3.63, 3.8) is 0 Å². The number of rotatable bonds is 11. The van der Waals surface area contributed by atoms with E-state index in [1.807, 2.05) is 0 Å². The van der Waals surface area contributed by atoms with Gasteiger partial charge in [-0.2, -0.15) is 0 Å². The molecule has 0 heterocycles. The van der Waals surface area contributed by atoms with Crippen LogP contribution >= 0.6 is 0 Å². The highest BCUT2D eigenvalue weighted by Gasteiger charge is 2.13. The first-order chi connectivity index (χ1) is 18.7. The monoisotopic (exact) mass is 500 g/mol. The summed E-state index contributed by atoms with van der Waals surface area (Å²) in [5.41, 5.74) is 9.80. The molecule has 0 unspecified atom stereocenters. The summed E-state index contributed by atoms with van der Waals surface area (Å²) in [5.74, 6) is 0. The quantitative estimate of drug-likeness (QED) is 0.150. The van der Waals surface area contributed by atoms with Crippen LogP contribution in [0, 0.1) is 0 Å². The summed E-state index contributed by atoms with van der Waals surface area (Å²) in [7, 11) is 0. The maximum atomic E-state index is 2.38. The maximum Gasteiger partial charge on any atom is 0.0366 e. The Morgan fingerprint density at radius 3 is 1.39 bits per heavy atom. The third-order valence-corrected chi connectivity index (χ3v) is 7.17. The van der Waals surface area contributed by atoms with E-state index in [9.17, 15) is 0 Å². The number of benzene rings is 4. The van der Waals surface area contributed by atoms with Crippen molar-refractivity contribution in [2.45, 2.75) is 27.7 Å². The molecule has 194 valence electrons. The molecule has 38 heavy (non-hydrogen) atoms. The molecule has 2 heteroatoms. The van der Waals surface area contributed by atoms with Crippen molar-refractivity contribution in [2.75, 3.05) is 36.0 Å². The van der Waals surface area contributed by atoms with E-state index in [4.69, 9.17) is 0 Å². The van der Waals surface area contributed by atoms with Crippen LogP contribution in [0.3, 0.4) is 0 Å². The van der Waals surface area contributed by atoms with Gasteiger partial charge in [0.1, 0.15) is 0 Å². The summed E-state index contributed by atoms with van der Waals surface area (Å²) in [4.78, 5) is 4.76. The predicted octanol–water partition coefficient (Wildman–Crippen LogP) is 9.05. The topological polar surface area (TPSA) is 6.48 Å². The van der Waals surface area contributed by atoms with Gasteiger partial charge in [-0.25, -0.2) is 0 Å². The van der Waals surface area contributed by atoms with Crippen LogP contribution in [0.4, 0.5) is 11.4 Å². The van der Waals surface area contributed by atoms with E-state index >= 15 is 0 Å². The Morgan fingerprint density at radius 2 is 0.921 bits per heavy atom. The van der Waals surface area contributed by atoms with Gasteiger partial charge in [-0.3, -0.25) is 0 Å². The van der Waals surface area contributed by atoms with Gasteiger partial charge >= 0.3 is 0 Å². The molecular formula is C36H40N2. The standard InChI is InChI=1S/C36H40N2/c1-5-37(6-2)33-24-19-29(20-25-33)21-28-35(30-15-11-9-12-16-30)36(31-17-13-10-14-18-31)32-22-26-34(27-23-32)38(7-3)8-4/h9-28H,5-8H2,1-4H3/b28-21+,36-35+. The average molecular weight is 501 g/mol. The smallest absolute Gasteiger partial charge is 0.0366 e. The molecule has 0 aliphatic carbocycles. The lowest BCUT2D eigenvalue weighted by Gasteiger charge is -2.22. The van der Waals surface area contributed by atoms with Gasteiger partial charge in [0, 0.05) is 37.6 Å². The molecule has 0 aromatic heterocycles. The lowest BCUT2D eigenvalue weighted by Crippen LogP contribution is -2.21. The molecule has 0 aliphatic heterocycles. The van der Waals surface area contributed by atoms with Gasteiger partial charge in [0.25, 0.3) is 0 Å². The lowest BCUT2D eigenvalue weighted by atomic mass is 9.89. The number of allylic oxidation sites excluding steroid dienone is 2. The largest absolute Gasteiger partial charge is 0.372 e. The number of hydrogen-bond acceptors (Lipinski definition) is 2. The first-order valence-corrected chi connectivity index (χ1v) is 13.9. The molecule has 0 saturated heterocycles. The second kappa shape index (κ2) is 13.5. The Bertz CT molecular complexity index is 1310. The van der Waals surface area contributed by atoms with Crippen LogP contribution in [0.2, 0.25) is 0 Å². The second-order valence-corrected chi connectivity index (χ2v) is 9.34. The van der Waals surface area contributed by atoms with Gasteiger partial charge < -0.3 is 9.80 Å². The van der Waals surface area contributed by atoms with E-state index in [0.717, 1.165) is 26.2 Å². The molecule has 0 spiro atoms. The Kier molecular flexibility index (Phi) is 9.59. The van der Waals surface area contributed by atoms with Crippen LogP contribution in [-0.2, 0) is 0 Å². The number of hydrogen-bond donors (Lipinski definition) is 0. The summed E-state index contributed by atoms with van der Waals surface area (Å²) < 4.78 is 0. The van der Waals surface area contributed by atoms with Crippen LogP contribution in [0.1, 0.15) is 49.9 Å². The lowest BCUT2D eigenvalue weighted by molar-refractivity contribution is 0.866. The van der Waals surface area contributed by atoms with Crippen molar-refractivity contribution in [3.05, 3.63) is 138 Å². The van der Waals surface area contributed by atoms with Gasteiger partial charge in [0.2, 0.25) is 0 Å². The van der Waals surface area contributed by atoms with Gasteiger partial charge in [-0.15, -0.1) is 0 Å². The number of anilines is 2. The van der Waals surface area contributed by atoms with Crippen molar-refractivity contribution < 1.29 is 0 Å². The molecule has 2 nitrogen and oxygen atoms in total. The SMILES string of the molecule is CCN(CC)c1ccc(/C=C/C(=C(/c2ccccc2)c2ccc(N(CC)CC)cc2)c2ccccc2)cc1. The average Bonchev–Trinajstić information content (AvgIpc) is 2.98. The molecule has 0 N–H and O–H groups in total. The molecule has 4 aromatic carbocycles. The zero-order valence-corrected chi connectivity index (χ0v) is 23.3. The summed E-state index contributed by atoms with van der Waals surface area (Å²) in [6, 6.07) is 39.4. The normalized spacial score (nSPS) is 11.9. The van der Waals surface area contributed by atoms with E-state index < -0.39 is 0 Å². The summed E-state index contributed by atoms with van der Waals surface area (Å²) >= 11 is 0. The number of nitrogens with zero attached hydrogens (tertiary/aromatic N) is 2. The van der Waals surface area contributed by atoms with Gasteiger partial charge in [0.15, 0.2) is 0 Å². The first-order valence-electron chi connectivity index (χ1n) is 13.9. The molecule has 0 bridgehead atoms. The highest BCUT2D eigenvalue weighted by Crippen LogP contribution is 2.34. The van der Waals surface area contributed by atoms with E-state index in [2.05, 4.69) is 159 Å². The van der Waals surface area contributed by atoms with E-state index in [0.29, 0.717) is 0 Å². The van der Waals surface area contributed by atoms with Crippen molar-refractivity contribution >= 4 is 28.6 Å². The molecule has 0 fully saturated rings. The minimum Gasteiger partial charge on any atom is -0.372 e. The van der Waals surface area contributed by atoms with E-state index in [1.165, 1.54) is 44.8 Å². The van der Waals surface area contributed by atoms with Crippen LogP contribution < -0.4 is 9.80 Å². The van der Waals surface area contributed by atoms with E-state index in [1.54, 1.807) is 0 Å². The Hall–Kier alpha value is -4.04. The highest BCUT2D eigenvalue weighted by atomic mass is 15.1. The minimum absolute atomic E-state index is 1.00. The van der Waals surface area contributed by atoms with Gasteiger partial charge in [-0.05, 0) is 85.4 Å². The van der Waals surface area contributed by atoms with Crippen LogP contribution in [0.15, 0.2) is 115 Å². The molecule has 0 aliphatic rings. The molecular weight excluding hydrogens is 460 g/mol. The molecule has 0 radical (unpaired) electrons. The van der Waals surface area contributed by atoms with E-state index in [-0.39, 0.29) is 0 Å². The maximum absolute atomic E-state index is 2.38. The third kappa shape index (κ3) is 6.44. The molecule has 0 saturated carbocycles. The van der Waals surface area contributed by atoms with Crippen molar-refractivity contribution in [1.82, 2.24) is 0 Å². The zero-order chi connectivity index (χ0) is 26.7. The van der Waals surface area contributed by atoms with Crippen molar-refractivity contribution in [2.24, 2.45) is 0 Å². The second-order valence-electron chi connectivity index (χ2n) is 9.34. The predicted molar refractivity (Wildman–Crippen MR) is 168 cm³/mol.